The number of benzene rings is 2. The summed E-state index contributed by atoms with van der Waals surface area (Å²) < 4.78 is 0. The van der Waals surface area contributed by atoms with Crippen LogP contribution in [0.2, 0.25) is 0 Å². The van der Waals surface area contributed by atoms with Crippen molar-refractivity contribution in [1.82, 2.24) is 5.32 Å². The van der Waals surface area contributed by atoms with E-state index in [1.54, 1.807) is 42.5 Å². The Kier molecular flexibility index (Phi) is 4.96. The summed E-state index contributed by atoms with van der Waals surface area (Å²) in [5.74, 6) is 2.23. The van der Waals surface area contributed by atoms with Crippen molar-refractivity contribution in [2.45, 2.75) is 18.9 Å². The van der Waals surface area contributed by atoms with Gasteiger partial charge in [-0.1, -0.05) is 24.1 Å². The second-order valence-electron chi connectivity index (χ2n) is 5.92. The van der Waals surface area contributed by atoms with E-state index in [1.165, 1.54) is 6.08 Å². The molecule has 3 rings (SSSR count). The molecule has 2 aromatic carbocycles. The van der Waals surface area contributed by atoms with Crippen molar-refractivity contribution in [3.8, 4) is 12.3 Å². The monoisotopic (exact) mass is 330 g/mol. The predicted octanol–water partition coefficient (Wildman–Crippen LogP) is 3.21. The zero-order valence-electron chi connectivity index (χ0n) is 13.7. The number of amides is 2. The van der Waals surface area contributed by atoms with Gasteiger partial charge in [-0.05, 0) is 54.8 Å². The molecule has 1 saturated carbocycles. The van der Waals surface area contributed by atoms with E-state index >= 15 is 0 Å². The molecular weight excluding hydrogens is 312 g/mol. The average molecular weight is 330 g/mol. The van der Waals surface area contributed by atoms with Gasteiger partial charge in [0, 0.05) is 28.9 Å². The number of carbonyl (C=O) groups excluding carboxylic acids is 2. The first kappa shape index (κ1) is 16.5. The highest BCUT2D eigenvalue weighted by Gasteiger charge is 2.23. The van der Waals surface area contributed by atoms with Gasteiger partial charge < -0.3 is 10.6 Å². The fraction of sp³-hybridized carbons (Fsp3) is 0.143. The molecule has 2 amide bonds. The molecule has 25 heavy (non-hydrogen) atoms. The smallest absolute Gasteiger partial charge is 0.251 e. The van der Waals surface area contributed by atoms with E-state index < -0.39 is 0 Å². The largest absolute Gasteiger partial charge is 0.349 e. The molecule has 1 aliphatic rings. The van der Waals surface area contributed by atoms with Crippen molar-refractivity contribution in [3.63, 3.8) is 0 Å². The summed E-state index contributed by atoms with van der Waals surface area (Å²) in [7, 11) is 0. The first-order chi connectivity index (χ1) is 12.1. The Bertz CT molecular complexity index is 856. The molecule has 0 bridgehead atoms. The summed E-state index contributed by atoms with van der Waals surface area (Å²) in [6.45, 7) is 0. The minimum atomic E-state index is -0.246. The van der Waals surface area contributed by atoms with Crippen LogP contribution in [0, 0.1) is 12.3 Å². The van der Waals surface area contributed by atoms with Crippen molar-refractivity contribution in [2.24, 2.45) is 0 Å². The number of rotatable bonds is 5. The Morgan fingerprint density at radius 1 is 1.12 bits per heavy atom. The van der Waals surface area contributed by atoms with Gasteiger partial charge in [-0.15, -0.1) is 6.42 Å². The van der Waals surface area contributed by atoms with Crippen LogP contribution >= 0.6 is 0 Å². The Balaban J connectivity index is 1.58. The Morgan fingerprint density at radius 3 is 2.56 bits per heavy atom. The van der Waals surface area contributed by atoms with Gasteiger partial charge in [-0.25, -0.2) is 0 Å². The second-order valence-corrected chi connectivity index (χ2v) is 5.92. The molecule has 0 heterocycles. The predicted molar refractivity (Wildman–Crippen MR) is 99.0 cm³/mol. The topological polar surface area (TPSA) is 58.2 Å². The normalized spacial score (nSPS) is 13.2. The van der Waals surface area contributed by atoms with Crippen LogP contribution in [-0.4, -0.2) is 17.9 Å². The number of nitrogens with one attached hydrogen (secondary N) is 2. The molecule has 0 aliphatic heterocycles. The van der Waals surface area contributed by atoms with Crippen LogP contribution in [-0.2, 0) is 4.79 Å². The van der Waals surface area contributed by atoms with Crippen molar-refractivity contribution >= 4 is 23.6 Å². The third-order valence-electron chi connectivity index (χ3n) is 3.81. The van der Waals surface area contributed by atoms with Crippen LogP contribution in [0.15, 0.2) is 54.6 Å². The molecule has 0 radical (unpaired) electrons. The zero-order valence-corrected chi connectivity index (χ0v) is 13.7. The van der Waals surface area contributed by atoms with Gasteiger partial charge in [0.25, 0.3) is 5.91 Å². The number of hydrogen-bond donors (Lipinski definition) is 2. The Hall–Kier alpha value is -3.32. The first-order valence-electron chi connectivity index (χ1n) is 8.11. The molecule has 124 valence electrons. The first-order valence-corrected chi connectivity index (χ1v) is 8.11. The molecule has 1 fully saturated rings. The van der Waals surface area contributed by atoms with Crippen molar-refractivity contribution < 1.29 is 9.59 Å². The minimum Gasteiger partial charge on any atom is -0.349 e. The summed E-state index contributed by atoms with van der Waals surface area (Å²) in [6, 6.07) is 14.6. The van der Waals surface area contributed by atoms with Crippen molar-refractivity contribution in [2.75, 3.05) is 5.32 Å². The lowest BCUT2D eigenvalue weighted by atomic mass is 10.1. The van der Waals surface area contributed by atoms with E-state index in [2.05, 4.69) is 16.6 Å². The number of terminal acetylenes is 1. The lowest BCUT2D eigenvalue weighted by Gasteiger charge is -2.04. The summed E-state index contributed by atoms with van der Waals surface area (Å²) in [5, 5.41) is 5.70. The maximum atomic E-state index is 12.0. The average Bonchev–Trinajstić information content (AvgIpc) is 3.44. The maximum Gasteiger partial charge on any atom is 0.251 e. The van der Waals surface area contributed by atoms with Gasteiger partial charge in [-0.3, -0.25) is 9.59 Å². The molecule has 4 nitrogen and oxygen atoms in total. The number of anilines is 1. The van der Waals surface area contributed by atoms with Crippen molar-refractivity contribution in [1.29, 1.82) is 0 Å². The summed E-state index contributed by atoms with van der Waals surface area (Å²) in [4.78, 5) is 23.9. The second kappa shape index (κ2) is 7.50. The maximum absolute atomic E-state index is 12.0. The third-order valence-corrected chi connectivity index (χ3v) is 3.81. The molecule has 0 aromatic heterocycles. The van der Waals surface area contributed by atoms with Gasteiger partial charge in [0.05, 0.1) is 0 Å². The molecule has 0 saturated heterocycles. The van der Waals surface area contributed by atoms with Gasteiger partial charge >= 0.3 is 0 Å². The van der Waals surface area contributed by atoms with Gasteiger partial charge in [0.1, 0.15) is 0 Å². The Labute approximate surface area is 146 Å². The van der Waals surface area contributed by atoms with E-state index in [0.717, 1.165) is 18.4 Å². The molecule has 2 aromatic rings. The highest BCUT2D eigenvalue weighted by molar-refractivity contribution is 6.02. The zero-order chi connectivity index (χ0) is 17.6. The third kappa shape index (κ3) is 4.82. The molecule has 0 atom stereocenters. The molecule has 2 N–H and O–H groups in total. The van der Waals surface area contributed by atoms with Gasteiger partial charge in [-0.2, -0.15) is 0 Å². The fourth-order valence-electron chi connectivity index (χ4n) is 2.28. The van der Waals surface area contributed by atoms with E-state index in [1.807, 2.05) is 12.1 Å². The lowest BCUT2D eigenvalue weighted by molar-refractivity contribution is -0.111. The van der Waals surface area contributed by atoms with E-state index in [0.29, 0.717) is 22.9 Å². The van der Waals surface area contributed by atoms with Crippen LogP contribution in [0.1, 0.15) is 34.3 Å². The highest BCUT2D eigenvalue weighted by Crippen LogP contribution is 2.19. The Morgan fingerprint density at radius 2 is 1.88 bits per heavy atom. The van der Waals surface area contributed by atoms with Gasteiger partial charge in [0.2, 0.25) is 5.91 Å². The molecule has 1 aliphatic carbocycles. The lowest BCUT2D eigenvalue weighted by Crippen LogP contribution is -2.25. The van der Waals surface area contributed by atoms with Crippen molar-refractivity contribution in [3.05, 3.63) is 71.3 Å². The molecular formula is C21H18N2O2. The standard InChI is InChI=1S/C21H18N2O2/c1-2-15-4-3-5-19(14-15)22-20(24)13-8-16-6-9-17(10-7-16)21(25)23-18-11-12-18/h1,3-10,13-14,18H,11-12H2,(H,22,24)(H,23,25)/b13-8+. The summed E-state index contributed by atoms with van der Waals surface area (Å²) >= 11 is 0. The summed E-state index contributed by atoms with van der Waals surface area (Å²) in [5.41, 5.74) is 2.83. The van der Waals surface area contributed by atoms with E-state index in [9.17, 15) is 9.59 Å². The number of carbonyl (C=O) groups is 2. The molecule has 0 spiro atoms. The molecule has 0 unspecified atom stereocenters. The van der Waals surface area contributed by atoms with Gasteiger partial charge in [0.15, 0.2) is 0 Å². The molecule has 4 heteroatoms. The van der Waals surface area contributed by atoms with Crippen LogP contribution < -0.4 is 10.6 Å². The fourth-order valence-corrected chi connectivity index (χ4v) is 2.28. The van der Waals surface area contributed by atoms with Crippen LogP contribution in [0.3, 0.4) is 0 Å². The van der Waals surface area contributed by atoms with E-state index in [4.69, 9.17) is 6.42 Å². The SMILES string of the molecule is C#Cc1cccc(NC(=O)/C=C/c2ccc(C(=O)NC3CC3)cc2)c1. The number of hydrogen-bond acceptors (Lipinski definition) is 2. The van der Waals surface area contributed by atoms with Crippen LogP contribution in [0.5, 0.6) is 0 Å². The highest BCUT2D eigenvalue weighted by atomic mass is 16.2. The van der Waals surface area contributed by atoms with Crippen LogP contribution in [0.25, 0.3) is 6.08 Å². The minimum absolute atomic E-state index is 0.0517. The summed E-state index contributed by atoms with van der Waals surface area (Å²) in [6.07, 6.45) is 10.6. The van der Waals surface area contributed by atoms with Crippen LogP contribution in [0.4, 0.5) is 5.69 Å². The quantitative estimate of drug-likeness (QED) is 0.653. The van der Waals surface area contributed by atoms with E-state index in [-0.39, 0.29) is 11.8 Å².